The van der Waals surface area contributed by atoms with Crippen LogP contribution in [0.3, 0.4) is 0 Å². The van der Waals surface area contributed by atoms with Gasteiger partial charge in [0.25, 0.3) is 60.7 Å². The zero-order valence-corrected chi connectivity index (χ0v) is 63.5. The van der Waals surface area contributed by atoms with Gasteiger partial charge in [-0.25, -0.2) is 4.79 Å². The number of hydrogen-bond donors (Lipinski definition) is 8. The van der Waals surface area contributed by atoms with Crippen LogP contribution in [0.15, 0.2) is 126 Å². The summed E-state index contributed by atoms with van der Waals surface area (Å²) in [5.74, 6) is -2.41. The van der Waals surface area contributed by atoms with Crippen molar-refractivity contribution in [2.75, 3.05) is 84.8 Å². The van der Waals surface area contributed by atoms with Gasteiger partial charge >= 0.3 is 6.03 Å². The van der Waals surface area contributed by atoms with Crippen molar-refractivity contribution in [3.8, 4) is 34.5 Å². The van der Waals surface area contributed by atoms with Gasteiger partial charge in [-0.05, 0) is 186 Å². The molecule has 0 atom stereocenters. The van der Waals surface area contributed by atoms with Gasteiger partial charge in [-0.2, -0.15) is 81.2 Å². The summed E-state index contributed by atoms with van der Waals surface area (Å²) in [6.45, 7) is 9.52. The lowest BCUT2D eigenvalue weighted by atomic mass is 10.1. The summed E-state index contributed by atoms with van der Waals surface area (Å²) in [6.07, 6.45) is 1.63. The minimum atomic E-state index is -4.32. The first-order chi connectivity index (χ1) is 49.7. The highest BCUT2D eigenvalue weighted by Crippen LogP contribution is 2.42. The lowest BCUT2D eigenvalue weighted by Gasteiger charge is -2.17. The number of rotatable bonds is 44. The summed E-state index contributed by atoms with van der Waals surface area (Å²) in [5, 5.41) is 41.5. The summed E-state index contributed by atoms with van der Waals surface area (Å²) in [6, 6.07) is 21.0. The molecule has 0 heterocycles. The molecule has 6 rings (SSSR count). The second kappa shape index (κ2) is 39.7. The van der Waals surface area contributed by atoms with E-state index in [-0.39, 0.29) is 148 Å². The van der Waals surface area contributed by atoms with E-state index >= 15 is 0 Å². The number of nitrogens with zero attached hydrogens (tertiary/aromatic N) is 8. The molecule has 0 aliphatic heterocycles. The highest BCUT2D eigenvalue weighted by Gasteiger charge is 2.20. The molecule has 6 aromatic carbocycles. The number of anilines is 2. The fourth-order valence-corrected chi connectivity index (χ4v) is 12.4. The molecule has 2 amide bonds. The quantitative estimate of drug-likeness (QED) is 0.0100. The van der Waals surface area contributed by atoms with Crippen LogP contribution in [0, 0.1) is 27.7 Å². The average Bonchev–Trinajstić information content (AvgIpc) is 0.818. The summed E-state index contributed by atoms with van der Waals surface area (Å²) in [7, 11) is -25.7. The summed E-state index contributed by atoms with van der Waals surface area (Å²) in [5.41, 5.74) is 5.77. The largest absolute Gasteiger partial charge is 0.492 e. The number of azo groups is 4. The van der Waals surface area contributed by atoms with E-state index in [1.54, 1.807) is 76.2 Å². The molecule has 35 nitrogen and oxygen atoms in total. The van der Waals surface area contributed by atoms with Gasteiger partial charge < -0.3 is 39.1 Å². The third kappa shape index (κ3) is 31.7. The third-order valence-corrected chi connectivity index (χ3v) is 19.6. The van der Waals surface area contributed by atoms with Gasteiger partial charge in [0.1, 0.15) is 70.6 Å². The lowest BCUT2D eigenvalue weighted by Crippen LogP contribution is -2.21. The van der Waals surface area contributed by atoms with E-state index in [4.69, 9.17) is 37.5 Å². The molecule has 0 unspecified atom stereocenters. The number of carbonyl (C=O) groups excluding carboxylic acids is 1. The zero-order chi connectivity index (χ0) is 78.0. The second-order valence-corrected chi connectivity index (χ2v) is 33.2. The molecular formula is C65H84N10O25S6. The number of amides is 2. The van der Waals surface area contributed by atoms with Gasteiger partial charge in [0.05, 0.1) is 94.9 Å². The number of unbranched alkanes of at least 4 members (excludes halogenated alkanes) is 4. The SMILES string of the molecule is CCc1cc(OCCS(=O)(=O)O)ccc1N=Nc1cc(OCCCCS(=O)(=O)O)c(N=Nc2cc(OCCCCS(=O)(=O)O)c(NC(=O)Nc3cc(C)c(N=Nc4cc(C)c(N=Nc5ccc(OCCS(=O)(=O)O)cc5CC)cc4OCCCCS(=O)(=O)O)cc3OCCCCS(=O)(=O)O)cc2C)cc1C. The Morgan fingerprint density at radius 1 is 0.311 bits per heavy atom. The molecule has 41 heteroatoms. The summed E-state index contributed by atoms with van der Waals surface area (Å²) in [4.78, 5) is 14.3. The zero-order valence-electron chi connectivity index (χ0n) is 58.6. The second-order valence-electron chi connectivity index (χ2n) is 23.8. The standard InChI is InChI=1S/C65H84N10O25S6/c1-7-47-37-49(95-25-31-105(89,90)91)17-19-51(47)68-70-55-41-63(99-23-11-15-29-103(83,84)85)59(35-45(55)5)74-72-53-39-61(97-21-9-13-27-101(77,78)79)57(33-43(53)3)66-65(76)67-58-34-44(4)54(40-62(58)98-22-10-14-28-102(80,81)82)73-75-60-36-46(6)56(42-64(60)100-24-12-16-30-104(86,87)88)71-69-52-20-18-50(38-48(52)8-2)96-26-32-106(92,93)94/h17-20,33-42H,7-16,21-32H2,1-6H3,(H2,66,67,76)(H,77,78,79)(H,80,81,82)(H,83,84,85)(H,86,87,88)(H,89,90,91)(H,92,93,94). The molecule has 8 N–H and O–H groups in total. The molecule has 0 radical (unpaired) electrons. The molecule has 106 heavy (non-hydrogen) atoms. The summed E-state index contributed by atoms with van der Waals surface area (Å²) >= 11 is 0. The summed E-state index contributed by atoms with van der Waals surface area (Å²) < 4.78 is 228. The van der Waals surface area contributed by atoms with Gasteiger partial charge in [0, 0.05) is 24.3 Å². The minimum Gasteiger partial charge on any atom is -0.492 e. The molecule has 0 bridgehead atoms. The highest BCUT2D eigenvalue weighted by atomic mass is 32.2. The van der Waals surface area contributed by atoms with Crippen molar-refractivity contribution in [2.24, 2.45) is 40.9 Å². The molecule has 0 aliphatic carbocycles. The van der Waals surface area contributed by atoms with Gasteiger partial charge in [0.2, 0.25) is 0 Å². The number of nitrogens with one attached hydrogen (secondary N) is 2. The normalized spacial score (nSPS) is 12.6. The first-order valence-electron chi connectivity index (χ1n) is 32.8. The molecule has 0 fully saturated rings. The van der Waals surface area contributed by atoms with Crippen LogP contribution >= 0.6 is 0 Å². The Labute approximate surface area is 615 Å². The highest BCUT2D eigenvalue weighted by molar-refractivity contribution is 7.87. The predicted molar refractivity (Wildman–Crippen MR) is 394 cm³/mol. The number of hydrogen-bond acceptors (Lipinski definition) is 27. The van der Waals surface area contributed by atoms with Gasteiger partial charge in [-0.15, -0.1) is 10.2 Å². The fraction of sp³-hybridized carbons (Fsp3) is 0.431. The number of ether oxygens (including phenoxy) is 6. The van der Waals surface area contributed by atoms with E-state index in [1.807, 2.05) is 13.8 Å². The van der Waals surface area contributed by atoms with E-state index in [9.17, 15) is 73.5 Å². The van der Waals surface area contributed by atoms with E-state index in [2.05, 4.69) is 51.5 Å². The Bertz CT molecular complexity index is 4630. The molecule has 0 aliphatic rings. The molecule has 0 saturated heterocycles. The Morgan fingerprint density at radius 2 is 0.575 bits per heavy atom. The topological polar surface area (TPSA) is 522 Å². The Morgan fingerprint density at radius 3 is 0.868 bits per heavy atom. The maximum Gasteiger partial charge on any atom is 0.323 e. The van der Waals surface area contributed by atoms with Crippen molar-refractivity contribution < 1.29 is 111 Å². The van der Waals surface area contributed by atoms with Crippen molar-refractivity contribution in [1.82, 2.24) is 0 Å². The average molecular weight is 1600 g/mol. The van der Waals surface area contributed by atoms with Crippen molar-refractivity contribution in [3.05, 3.63) is 118 Å². The fourth-order valence-electron chi connectivity index (χ4n) is 9.51. The van der Waals surface area contributed by atoms with Crippen molar-refractivity contribution in [3.63, 3.8) is 0 Å². The van der Waals surface area contributed by atoms with E-state index in [0.29, 0.717) is 80.5 Å². The van der Waals surface area contributed by atoms with Gasteiger partial charge in [0.15, 0.2) is 0 Å². The maximum absolute atomic E-state index is 14.3. The number of benzene rings is 6. The molecule has 6 aromatic rings. The molecule has 0 spiro atoms. The van der Waals surface area contributed by atoms with E-state index < -0.39 is 101 Å². The monoisotopic (exact) mass is 1600 g/mol. The Balaban J connectivity index is 1.33. The Kier molecular flexibility index (Phi) is 32.3. The van der Waals surface area contributed by atoms with Crippen molar-refractivity contribution in [1.29, 1.82) is 0 Å². The lowest BCUT2D eigenvalue weighted by molar-refractivity contribution is 0.261. The molecule has 0 aromatic heterocycles. The van der Waals surface area contributed by atoms with Crippen LogP contribution in [0.4, 0.5) is 61.7 Å². The van der Waals surface area contributed by atoms with Crippen molar-refractivity contribution >= 4 is 124 Å². The van der Waals surface area contributed by atoms with Gasteiger partial charge in [-0.1, -0.05) is 13.8 Å². The smallest absolute Gasteiger partial charge is 0.323 e. The van der Waals surface area contributed by atoms with E-state index in [1.165, 1.54) is 36.4 Å². The first-order valence-corrected chi connectivity index (χ1v) is 42.4. The van der Waals surface area contributed by atoms with Crippen LogP contribution in [0.5, 0.6) is 34.5 Å². The molecule has 0 saturated carbocycles. The molecule has 580 valence electrons. The van der Waals surface area contributed by atoms with Crippen molar-refractivity contribution in [2.45, 2.75) is 106 Å². The van der Waals surface area contributed by atoms with Crippen LogP contribution in [-0.2, 0) is 73.6 Å². The minimum absolute atomic E-state index is 0.00986. The Hall–Kier alpha value is -8.75. The van der Waals surface area contributed by atoms with Crippen LogP contribution < -0.4 is 39.1 Å². The third-order valence-electron chi connectivity index (χ3n) is 15.0. The van der Waals surface area contributed by atoms with Gasteiger partial charge in [-0.3, -0.25) is 27.3 Å². The number of aryl methyl sites for hydroxylation is 6. The number of carbonyl (C=O) groups is 1. The first kappa shape index (κ1) is 86.2. The number of urea groups is 1. The van der Waals surface area contributed by atoms with Crippen LogP contribution in [0.1, 0.15) is 98.6 Å². The van der Waals surface area contributed by atoms with Crippen LogP contribution in [0.25, 0.3) is 0 Å². The molecular weight excluding hydrogens is 1510 g/mol. The van der Waals surface area contributed by atoms with Crippen LogP contribution in [0.2, 0.25) is 0 Å². The van der Waals surface area contributed by atoms with E-state index in [0.717, 1.165) is 0 Å². The maximum atomic E-state index is 14.3. The predicted octanol–water partition coefficient (Wildman–Crippen LogP) is 14.1. The van der Waals surface area contributed by atoms with Crippen LogP contribution in [-0.4, -0.2) is 158 Å².